The van der Waals surface area contributed by atoms with Crippen LogP contribution in [0.5, 0.6) is 0 Å². The molecule has 1 amide bonds. The standard InChI is InChI=1S/C24H42N2O10/c1-14(27)26-19-21(35-17(4)30)20(34-16(3)29)18(9-32-15(2)28)36-22(19)33-13-24(7,8)12-31-11-23(5,6)10-25/h18-22H,9-13,25H2,1-8H3,(H,26,27). The minimum Gasteiger partial charge on any atom is -0.463 e. The molecule has 1 saturated heterocycles. The molecule has 12 nitrogen and oxygen atoms in total. The van der Waals surface area contributed by atoms with Gasteiger partial charge < -0.3 is 39.5 Å². The Hall–Kier alpha value is -2.28. The molecule has 0 aromatic rings. The number of nitrogens with one attached hydrogen (secondary N) is 1. The zero-order valence-electron chi connectivity index (χ0n) is 22.6. The van der Waals surface area contributed by atoms with Crippen molar-refractivity contribution in [3.05, 3.63) is 0 Å². The highest BCUT2D eigenvalue weighted by Gasteiger charge is 2.51. The van der Waals surface area contributed by atoms with E-state index < -0.39 is 59.9 Å². The number of hydrogen-bond acceptors (Lipinski definition) is 11. The Morgan fingerprint density at radius 1 is 0.833 bits per heavy atom. The molecule has 5 unspecified atom stereocenters. The van der Waals surface area contributed by atoms with E-state index in [9.17, 15) is 19.2 Å². The van der Waals surface area contributed by atoms with Gasteiger partial charge in [-0.05, 0) is 6.54 Å². The van der Waals surface area contributed by atoms with Crippen LogP contribution in [0.15, 0.2) is 0 Å². The quantitative estimate of drug-likeness (QED) is 0.260. The van der Waals surface area contributed by atoms with Crippen LogP contribution in [0, 0.1) is 10.8 Å². The Kier molecular flexibility index (Phi) is 12.2. The molecule has 1 fully saturated rings. The highest BCUT2D eigenvalue weighted by molar-refractivity contribution is 5.73. The number of rotatable bonds is 13. The Bertz CT molecular complexity index is 770. The minimum atomic E-state index is -1.17. The molecule has 1 aliphatic rings. The van der Waals surface area contributed by atoms with Gasteiger partial charge in [-0.15, -0.1) is 0 Å². The number of esters is 3. The Balaban J connectivity index is 3.15. The summed E-state index contributed by atoms with van der Waals surface area (Å²) in [5.41, 5.74) is 5.12. The van der Waals surface area contributed by atoms with Crippen LogP contribution in [0.2, 0.25) is 0 Å². The fraction of sp³-hybridized carbons (Fsp3) is 0.833. The molecule has 0 aromatic heterocycles. The maximum Gasteiger partial charge on any atom is 0.303 e. The van der Waals surface area contributed by atoms with E-state index in [1.54, 1.807) is 0 Å². The summed E-state index contributed by atoms with van der Waals surface area (Å²) in [6, 6.07) is -1.02. The molecule has 36 heavy (non-hydrogen) atoms. The molecule has 0 saturated carbocycles. The smallest absolute Gasteiger partial charge is 0.303 e. The van der Waals surface area contributed by atoms with Gasteiger partial charge in [-0.2, -0.15) is 0 Å². The first-order chi connectivity index (χ1) is 16.6. The Morgan fingerprint density at radius 2 is 1.39 bits per heavy atom. The predicted molar refractivity (Wildman–Crippen MR) is 127 cm³/mol. The number of amides is 1. The molecule has 5 atom stereocenters. The monoisotopic (exact) mass is 518 g/mol. The van der Waals surface area contributed by atoms with Crippen molar-refractivity contribution >= 4 is 23.8 Å². The summed E-state index contributed by atoms with van der Waals surface area (Å²) in [6.07, 6.45) is -4.48. The molecule has 0 radical (unpaired) electrons. The lowest BCUT2D eigenvalue weighted by molar-refractivity contribution is -0.283. The molecule has 0 bridgehead atoms. The maximum absolute atomic E-state index is 12.0. The lowest BCUT2D eigenvalue weighted by Crippen LogP contribution is -2.66. The van der Waals surface area contributed by atoms with Gasteiger partial charge in [0.15, 0.2) is 18.5 Å². The number of hydrogen-bond donors (Lipinski definition) is 2. The topological polar surface area (TPSA) is 162 Å². The van der Waals surface area contributed by atoms with Gasteiger partial charge in [-0.1, -0.05) is 27.7 Å². The molecule has 12 heteroatoms. The summed E-state index contributed by atoms with van der Waals surface area (Å²) in [5.74, 6) is -2.37. The van der Waals surface area contributed by atoms with Crippen LogP contribution >= 0.6 is 0 Å². The van der Waals surface area contributed by atoms with Gasteiger partial charge in [0.05, 0.1) is 19.8 Å². The van der Waals surface area contributed by atoms with E-state index in [0.29, 0.717) is 19.8 Å². The molecule has 0 aromatic carbocycles. The van der Waals surface area contributed by atoms with E-state index in [2.05, 4.69) is 5.32 Å². The first-order valence-corrected chi connectivity index (χ1v) is 11.9. The minimum absolute atomic E-state index is 0.141. The van der Waals surface area contributed by atoms with E-state index in [1.165, 1.54) is 27.7 Å². The van der Waals surface area contributed by atoms with Crippen molar-refractivity contribution in [1.29, 1.82) is 0 Å². The molecule has 1 rings (SSSR count). The van der Waals surface area contributed by atoms with Crippen molar-refractivity contribution in [3.63, 3.8) is 0 Å². The van der Waals surface area contributed by atoms with E-state index in [0.717, 1.165) is 0 Å². The molecule has 3 N–H and O–H groups in total. The third-order valence-electron chi connectivity index (χ3n) is 5.25. The zero-order chi connectivity index (χ0) is 27.7. The van der Waals surface area contributed by atoms with Crippen LogP contribution in [0.25, 0.3) is 0 Å². The second-order valence-electron chi connectivity index (χ2n) is 10.6. The fourth-order valence-electron chi connectivity index (χ4n) is 3.45. The van der Waals surface area contributed by atoms with Crippen LogP contribution in [0.1, 0.15) is 55.4 Å². The van der Waals surface area contributed by atoms with Crippen LogP contribution < -0.4 is 11.1 Å². The maximum atomic E-state index is 12.0. The van der Waals surface area contributed by atoms with Crippen molar-refractivity contribution in [2.24, 2.45) is 16.6 Å². The van der Waals surface area contributed by atoms with Crippen LogP contribution in [0.4, 0.5) is 0 Å². The van der Waals surface area contributed by atoms with Crippen molar-refractivity contribution in [3.8, 4) is 0 Å². The van der Waals surface area contributed by atoms with E-state index in [1.807, 2.05) is 27.7 Å². The van der Waals surface area contributed by atoms with Crippen LogP contribution in [-0.2, 0) is 47.6 Å². The van der Waals surface area contributed by atoms with Gasteiger partial charge in [0.1, 0.15) is 18.8 Å². The van der Waals surface area contributed by atoms with Gasteiger partial charge >= 0.3 is 17.9 Å². The number of carbonyl (C=O) groups excluding carboxylic acids is 4. The van der Waals surface area contributed by atoms with E-state index >= 15 is 0 Å². The van der Waals surface area contributed by atoms with Crippen molar-refractivity contribution < 1.29 is 47.6 Å². The molecular weight excluding hydrogens is 476 g/mol. The Morgan fingerprint density at radius 3 is 1.89 bits per heavy atom. The Labute approximate surface area is 212 Å². The molecule has 0 aliphatic carbocycles. The highest BCUT2D eigenvalue weighted by Crippen LogP contribution is 2.29. The molecule has 1 heterocycles. The summed E-state index contributed by atoms with van der Waals surface area (Å²) in [5, 5.41) is 2.67. The van der Waals surface area contributed by atoms with Crippen molar-refractivity contribution in [2.45, 2.75) is 86.0 Å². The largest absolute Gasteiger partial charge is 0.463 e. The molecule has 208 valence electrons. The predicted octanol–water partition coefficient (Wildman–Crippen LogP) is 0.687. The second-order valence-corrected chi connectivity index (χ2v) is 10.6. The number of ether oxygens (including phenoxy) is 6. The normalized spacial score (nSPS) is 24.5. The zero-order valence-corrected chi connectivity index (χ0v) is 22.6. The summed E-state index contributed by atoms with van der Waals surface area (Å²) < 4.78 is 33.8. The van der Waals surface area contributed by atoms with Crippen LogP contribution in [-0.4, -0.2) is 87.4 Å². The highest BCUT2D eigenvalue weighted by atomic mass is 16.7. The average Bonchev–Trinajstić information content (AvgIpc) is 2.73. The lowest BCUT2D eigenvalue weighted by atomic mass is 9.93. The first kappa shape index (κ1) is 31.7. The SMILES string of the molecule is CC(=O)NC1C(OCC(C)(C)COCC(C)(C)CN)OC(COC(C)=O)C(OC(C)=O)C1OC(C)=O. The summed E-state index contributed by atoms with van der Waals surface area (Å²) in [4.78, 5) is 47.2. The number of carbonyl (C=O) groups is 4. The van der Waals surface area contributed by atoms with Gasteiger partial charge in [0.2, 0.25) is 5.91 Å². The third kappa shape index (κ3) is 11.2. The van der Waals surface area contributed by atoms with Crippen LogP contribution in [0.3, 0.4) is 0 Å². The van der Waals surface area contributed by atoms with Gasteiger partial charge in [-0.25, -0.2) is 0 Å². The molecular formula is C24H42N2O10. The second kappa shape index (κ2) is 13.9. The summed E-state index contributed by atoms with van der Waals surface area (Å²) >= 11 is 0. The first-order valence-electron chi connectivity index (χ1n) is 11.9. The average molecular weight is 519 g/mol. The third-order valence-corrected chi connectivity index (χ3v) is 5.25. The molecule has 0 spiro atoms. The van der Waals surface area contributed by atoms with Gasteiger partial charge in [0, 0.05) is 38.5 Å². The lowest BCUT2D eigenvalue weighted by Gasteiger charge is -2.45. The van der Waals surface area contributed by atoms with Crippen molar-refractivity contribution in [2.75, 3.05) is 33.0 Å². The van der Waals surface area contributed by atoms with E-state index in [-0.39, 0.29) is 18.6 Å². The molecule has 1 aliphatic heterocycles. The van der Waals surface area contributed by atoms with Gasteiger partial charge in [0.25, 0.3) is 0 Å². The van der Waals surface area contributed by atoms with E-state index in [4.69, 9.17) is 34.2 Å². The summed E-state index contributed by atoms with van der Waals surface area (Å²) in [7, 11) is 0. The summed E-state index contributed by atoms with van der Waals surface area (Å²) in [6.45, 7) is 13.9. The number of nitrogens with two attached hydrogens (primary N) is 1. The van der Waals surface area contributed by atoms with Gasteiger partial charge in [-0.3, -0.25) is 19.2 Å². The fourth-order valence-corrected chi connectivity index (χ4v) is 3.45. The van der Waals surface area contributed by atoms with Crippen molar-refractivity contribution in [1.82, 2.24) is 5.32 Å².